The molecule has 6 nitrogen and oxygen atoms in total. The fraction of sp³-hybridized carbons (Fsp3) is 0.476. The highest BCUT2D eigenvalue weighted by molar-refractivity contribution is 8.00. The lowest BCUT2D eigenvalue weighted by atomic mass is 10.2. The summed E-state index contributed by atoms with van der Waals surface area (Å²) in [6, 6.07) is 10.4. The maximum atomic E-state index is 12.6. The summed E-state index contributed by atoms with van der Waals surface area (Å²) in [7, 11) is 0. The first-order valence-electron chi connectivity index (χ1n) is 9.94. The van der Waals surface area contributed by atoms with Gasteiger partial charge in [0.25, 0.3) is 0 Å². The Morgan fingerprint density at radius 1 is 1.21 bits per heavy atom. The summed E-state index contributed by atoms with van der Waals surface area (Å²) in [5.74, 6) is 1.45. The Labute approximate surface area is 169 Å². The van der Waals surface area contributed by atoms with Crippen LogP contribution < -0.4 is 5.32 Å². The van der Waals surface area contributed by atoms with E-state index >= 15 is 0 Å². The molecule has 1 aliphatic carbocycles. The lowest BCUT2D eigenvalue weighted by Gasteiger charge is -2.17. The Hall–Kier alpha value is -2.28. The number of carbonyl (C=O) groups excluding carboxylic acids is 1. The number of rotatable bonds is 6. The Morgan fingerprint density at radius 2 is 1.96 bits per heavy atom. The molecule has 1 N–H and O–H groups in total. The maximum Gasteiger partial charge on any atom is 0.233 e. The normalized spacial score (nSPS) is 16.1. The van der Waals surface area contributed by atoms with Crippen molar-refractivity contribution < 1.29 is 9.21 Å². The van der Waals surface area contributed by atoms with Gasteiger partial charge in [0, 0.05) is 17.5 Å². The average Bonchev–Trinajstić information content (AvgIpc) is 3.40. The molecule has 0 aliphatic heterocycles. The van der Waals surface area contributed by atoms with Crippen LogP contribution in [0.25, 0.3) is 22.6 Å². The minimum absolute atomic E-state index is 0.0699. The van der Waals surface area contributed by atoms with Gasteiger partial charge >= 0.3 is 0 Å². The Morgan fingerprint density at radius 3 is 2.68 bits per heavy atom. The number of nitrogens with zero attached hydrogens (tertiary/aromatic N) is 3. The number of benzene rings is 1. The molecule has 0 unspecified atom stereocenters. The summed E-state index contributed by atoms with van der Waals surface area (Å²) in [5, 5.41) is 13.5. The molecule has 1 saturated carbocycles. The van der Waals surface area contributed by atoms with Crippen LogP contribution in [0.3, 0.4) is 0 Å². The number of aromatic nitrogens is 3. The SMILES string of the molecule is CC(C)n1c(S[C@H](C)C(=O)NC2CCCC2)nnc1-c1cc2ccccc2o1. The second kappa shape index (κ2) is 7.99. The predicted octanol–water partition coefficient (Wildman–Crippen LogP) is 4.81. The van der Waals surface area contributed by atoms with E-state index in [2.05, 4.69) is 29.4 Å². The molecule has 1 amide bonds. The zero-order valence-corrected chi connectivity index (χ0v) is 17.3. The summed E-state index contributed by atoms with van der Waals surface area (Å²) in [6.45, 7) is 6.10. The van der Waals surface area contributed by atoms with Gasteiger partial charge in [0.2, 0.25) is 11.7 Å². The zero-order valence-electron chi connectivity index (χ0n) is 16.5. The fourth-order valence-electron chi connectivity index (χ4n) is 3.68. The summed E-state index contributed by atoms with van der Waals surface area (Å²) in [5.41, 5.74) is 0.828. The van der Waals surface area contributed by atoms with E-state index in [0.29, 0.717) is 17.6 Å². The van der Waals surface area contributed by atoms with Crippen LogP contribution in [0.4, 0.5) is 0 Å². The molecule has 7 heteroatoms. The molecule has 0 saturated heterocycles. The molecule has 1 aromatic carbocycles. The Bertz CT molecular complexity index is 939. The molecule has 1 aliphatic rings. The number of hydrogen-bond acceptors (Lipinski definition) is 5. The number of fused-ring (bicyclic) bond motifs is 1. The third kappa shape index (κ3) is 3.81. The monoisotopic (exact) mass is 398 g/mol. The van der Waals surface area contributed by atoms with Gasteiger partial charge in [-0.1, -0.05) is 42.8 Å². The van der Waals surface area contributed by atoms with Crippen molar-refractivity contribution in [2.24, 2.45) is 0 Å². The number of amides is 1. The van der Waals surface area contributed by atoms with E-state index < -0.39 is 0 Å². The van der Waals surface area contributed by atoms with Gasteiger partial charge in [0.1, 0.15) is 5.58 Å². The number of nitrogens with one attached hydrogen (secondary N) is 1. The topological polar surface area (TPSA) is 73.0 Å². The van der Waals surface area contributed by atoms with Crippen LogP contribution in [-0.4, -0.2) is 32.0 Å². The summed E-state index contributed by atoms with van der Waals surface area (Å²) >= 11 is 1.45. The quantitative estimate of drug-likeness (QED) is 0.603. The molecule has 4 rings (SSSR count). The lowest BCUT2D eigenvalue weighted by molar-refractivity contribution is -0.120. The van der Waals surface area contributed by atoms with Crippen LogP contribution in [-0.2, 0) is 4.79 Å². The van der Waals surface area contributed by atoms with E-state index in [1.54, 1.807) is 0 Å². The Balaban J connectivity index is 1.56. The first-order chi connectivity index (χ1) is 13.5. The van der Waals surface area contributed by atoms with E-state index in [1.165, 1.54) is 24.6 Å². The highest BCUT2D eigenvalue weighted by Gasteiger charge is 2.25. The number of hydrogen-bond donors (Lipinski definition) is 1. The third-order valence-electron chi connectivity index (χ3n) is 5.18. The van der Waals surface area contributed by atoms with Crippen molar-refractivity contribution in [2.75, 3.05) is 0 Å². The van der Waals surface area contributed by atoms with Crippen molar-refractivity contribution in [1.82, 2.24) is 20.1 Å². The van der Waals surface area contributed by atoms with E-state index in [0.717, 1.165) is 29.0 Å². The molecule has 0 spiro atoms. The molecule has 148 valence electrons. The van der Waals surface area contributed by atoms with Crippen molar-refractivity contribution in [3.05, 3.63) is 30.3 Å². The molecule has 2 aromatic heterocycles. The smallest absolute Gasteiger partial charge is 0.233 e. The summed E-state index contributed by atoms with van der Waals surface area (Å²) in [4.78, 5) is 12.6. The van der Waals surface area contributed by atoms with Gasteiger partial charge < -0.3 is 9.73 Å². The highest BCUT2D eigenvalue weighted by atomic mass is 32.2. The van der Waals surface area contributed by atoms with Crippen LogP contribution in [0.1, 0.15) is 52.5 Å². The van der Waals surface area contributed by atoms with Crippen LogP contribution >= 0.6 is 11.8 Å². The van der Waals surface area contributed by atoms with Gasteiger partial charge in [-0.15, -0.1) is 10.2 Å². The van der Waals surface area contributed by atoms with Gasteiger partial charge in [0.15, 0.2) is 10.9 Å². The molecule has 1 atom stereocenters. The van der Waals surface area contributed by atoms with Crippen LogP contribution in [0.2, 0.25) is 0 Å². The Kier molecular flexibility index (Phi) is 5.44. The zero-order chi connectivity index (χ0) is 19.7. The van der Waals surface area contributed by atoms with E-state index in [4.69, 9.17) is 4.42 Å². The predicted molar refractivity (Wildman–Crippen MR) is 111 cm³/mol. The number of para-hydroxylation sites is 1. The third-order valence-corrected chi connectivity index (χ3v) is 6.24. The van der Waals surface area contributed by atoms with Crippen LogP contribution in [0.5, 0.6) is 0 Å². The van der Waals surface area contributed by atoms with E-state index in [-0.39, 0.29) is 17.2 Å². The molecule has 28 heavy (non-hydrogen) atoms. The highest BCUT2D eigenvalue weighted by Crippen LogP contribution is 2.33. The van der Waals surface area contributed by atoms with Crippen molar-refractivity contribution in [2.45, 2.75) is 68.9 Å². The number of thioether (sulfide) groups is 1. The maximum absolute atomic E-state index is 12.6. The minimum Gasteiger partial charge on any atom is -0.453 e. The second-order valence-electron chi connectivity index (χ2n) is 7.67. The fourth-order valence-corrected chi connectivity index (χ4v) is 4.67. The summed E-state index contributed by atoms with van der Waals surface area (Å²) < 4.78 is 8.03. The molecule has 0 radical (unpaired) electrons. The van der Waals surface area contributed by atoms with Crippen molar-refractivity contribution in [3.63, 3.8) is 0 Å². The first kappa shape index (κ1) is 19.1. The van der Waals surface area contributed by atoms with E-state index in [1.807, 2.05) is 41.8 Å². The molecule has 1 fully saturated rings. The van der Waals surface area contributed by atoms with Crippen molar-refractivity contribution in [1.29, 1.82) is 0 Å². The van der Waals surface area contributed by atoms with Gasteiger partial charge in [-0.3, -0.25) is 9.36 Å². The average molecular weight is 399 g/mol. The van der Waals surface area contributed by atoms with Crippen molar-refractivity contribution >= 4 is 28.6 Å². The lowest BCUT2D eigenvalue weighted by Crippen LogP contribution is -2.37. The molecule has 2 heterocycles. The van der Waals surface area contributed by atoms with Crippen LogP contribution in [0.15, 0.2) is 39.9 Å². The molecular formula is C21H26N4O2S. The van der Waals surface area contributed by atoms with Gasteiger partial charge in [-0.05, 0) is 45.7 Å². The minimum atomic E-state index is -0.231. The van der Waals surface area contributed by atoms with Gasteiger partial charge in [-0.2, -0.15) is 0 Å². The largest absolute Gasteiger partial charge is 0.453 e. The first-order valence-corrected chi connectivity index (χ1v) is 10.8. The number of furan rings is 1. The number of carbonyl (C=O) groups is 1. The molecule has 0 bridgehead atoms. The standard InChI is InChI=1S/C21H26N4O2S/c1-13(2)25-19(18-12-15-8-4-7-11-17(15)27-18)23-24-21(25)28-14(3)20(26)22-16-9-5-6-10-16/h4,7-8,11-14,16H,5-6,9-10H2,1-3H3,(H,22,26)/t14-/m1/s1. The van der Waals surface area contributed by atoms with Crippen molar-refractivity contribution in [3.8, 4) is 11.6 Å². The van der Waals surface area contributed by atoms with Gasteiger partial charge in [-0.25, -0.2) is 0 Å². The molecule has 3 aromatic rings. The van der Waals surface area contributed by atoms with E-state index in [9.17, 15) is 4.79 Å². The summed E-state index contributed by atoms with van der Waals surface area (Å²) in [6.07, 6.45) is 4.58. The molecular weight excluding hydrogens is 372 g/mol. The van der Waals surface area contributed by atoms with Crippen LogP contribution in [0, 0.1) is 0 Å². The second-order valence-corrected chi connectivity index (χ2v) is 8.98. The van der Waals surface area contributed by atoms with Gasteiger partial charge in [0.05, 0.1) is 5.25 Å².